The fraction of sp³-hybridized carbons (Fsp3) is 0.200. The zero-order chi connectivity index (χ0) is 18.1. The molecule has 0 radical (unpaired) electrons. The second-order valence-corrected chi connectivity index (χ2v) is 6.13. The van der Waals surface area contributed by atoms with Gasteiger partial charge in [0.05, 0.1) is 5.56 Å². The van der Waals surface area contributed by atoms with Crippen molar-refractivity contribution < 1.29 is 19.1 Å². The number of carbonyl (C=O) groups excluding carboxylic acids is 1. The molecule has 0 unspecified atom stereocenters. The number of phenolic OH excluding ortho intramolecular Hbond substituents is 1. The molecule has 0 saturated carbocycles. The summed E-state index contributed by atoms with van der Waals surface area (Å²) in [4.78, 5) is 24.1. The summed E-state index contributed by atoms with van der Waals surface area (Å²) in [6.07, 6.45) is 0. The Morgan fingerprint density at radius 1 is 1.08 bits per heavy atom. The third-order valence-corrected chi connectivity index (χ3v) is 4.03. The van der Waals surface area contributed by atoms with Crippen LogP contribution >= 0.6 is 0 Å². The largest absolute Gasteiger partial charge is 0.508 e. The summed E-state index contributed by atoms with van der Waals surface area (Å²) >= 11 is 0. The quantitative estimate of drug-likeness (QED) is 0.581. The molecule has 0 atom stereocenters. The Morgan fingerprint density at radius 3 is 2.44 bits per heavy atom. The van der Waals surface area contributed by atoms with Gasteiger partial charge in [-0.2, -0.15) is 0 Å². The summed E-state index contributed by atoms with van der Waals surface area (Å²) in [6, 6.07) is 9.95. The highest BCUT2D eigenvalue weighted by molar-refractivity contribution is 5.90. The highest BCUT2D eigenvalue weighted by Crippen LogP contribution is 2.27. The average Bonchev–Trinajstić information content (AvgIpc) is 2.55. The molecule has 0 fully saturated rings. The number of aryl methyl sites for hydroxylation is 3. The van der Waals surface area contributed by atoms with Gasteiger partial charge < -0.3 is 14.3 Å². The second kappa shape index (κ2) is 6.43. The lowest BCUT2D eigenvalue weighted by Crippen LogP contribution is -2.08. The number of carbonyl (C=O) groups is 1. The first-order valence-corrected chi connectivity index (χ1v) is 7.86. The number of fused-ring (bicyclic) bond motifs is 1. The fourth-order valence-electron chi connectivity index (χ4n) is 2.85. The van der Waals surface area contributed by atoms with E-state index in [-0.39, 0.29) is 12.4 Å². The van der Waals surface area contributed by atoms with Crippen LogP contribution in [0.2, 0.25) is 0 Å². The molecule has 2 aromatic carbocycles. The van der Waals surface area contributed by atoms with Gasteiger partial charge in [0.25, 0.3) is 0 Å². The summed E-state index contributed by atoms with van der Waals surface area (Å²) in [5.74, 6) is -0.413. The average molecular weight is 338 g/mol. The first-order valence-electron chi connectivity index (χ1n) is 7.86. The summed E-state index contributed by atoms with van der Waals surface area (Å²) in [5.41, 5.74) is 3.17. The Kier molecular flexibility index (Phi) is 4.31. The predicted octanol–water partition coefficient (Wildman–Crippen LogP) is 3.78. The Labute approximate surface area is 144 Å². The predicted molar refractivity (Wildman–Crippen MR) is 93.9 cm³/mol. The van der Waals surface area contributed by atoms with Crippen LogP contribution in [0.25, 0.3) is 11.0 Å². The lowest BCUT2D eigenvalue weighted by molar-refractivity contribution is 0.0473. The number of hydrogen-bond donors (Lipinski definition) is 1. The number of aromatic hydroxyl groups is 1. The van der Waals surface area contributed by atoms with Gasteiger partial charge in [0.2, 0.25) is 0 Å². The minimum atomic E-state index is -0.557. The van der Waals surface area contributed by atoms with Crippen molar-refractivity contribution in [2.24, 2.45) is 0 Å². The van der Waals surface area contributed by atoms with Crippen LogP contribution in [0.1, 0.15) is 32.6 Å². The molecule has 3 aromatic rings. The summed E-state index contributed by atoms with van der Waals surface area (Å²) < 4.78 is 10.6. The van der Waals surface area contributed by atoms with E-state index in [2.05, 4.69) is 0 Å². The molecular weight excluding hydrogens is 320 g/mol. The van der Waals surface area contributed by atoms with Crippen molar-refractivity contribution >= 4 is 16.9 Å². The molecule has 1 aromatic heterocycles. The van der Waals surface area contributed by atoms with Crippen LogP contribution in [-0.4, -0.2) is 11.1 Å². The molecule has 0 bridgehead atoms. The number of phenols is 1. The standard InChI is InChI=1S/C20H18O5/c1-11-6-12(2)8-14(7-11)20(23)24-10-15-9-18(22)25-19-13(3)17(21)5-4-16(15)19/h4-9,21H,10H2,1-3H3. The lowest BCUT2D eigenvalue weighted by Gasteiger charge is -2.10. The van der Waals surface area contributed by atoms with Crippen molar-refractivity contribution in [3.8, 4) is 5.75 Å². The molecule has 0 aliphatic heterocycles. The van der Waals surface area contributed by atoms with Gasteiger partial charge in [0.15, 0.2) is 0 Å². The van der Waals surface area contributed by atoms with Crippen molar-refractivity contribution in [3.05, 3.63) is 74.6 Å². The van der Waals surface area contributed by atoms with E-state index in [1.807, 2.05) is 19.9 Å². The van der Waals surface area contributed by atoms with Crippen LogP contribution < -0.4 is 5.63 Å². The van der Waals surface area contributed by atoms with E-state index in [4.69, 9.17) is 9.15 Å². The van der Waals surface area contributed by atoms with Crippen molar-refractivity contribution in [1.29, 1.82) is 0 Å². The summed E-state index contributed by atoms with van der Waals surface area (Å²) in [7, 11) is 0. The van der Waals surface area contributed by atoms with Crippen LogP contribution in [0, 0.1) is 20.8 Å². The molecule has 0 aliphatic carbocycles. The molecule has 25 heavy (non-hydrogen) atoms. The maximum absolute atomic E-state index is 12.3. The van der Waals surface area contributed by atoms with E-state index in [9.17, 15) is 14.7 Å². The van der Waals surface area contributed by atoms with E-state index in [0.29, 0.717) is 27.7 Å². The summed E-state index contributed by atoms with van der Waals surface area (Å²) in [6.45, 7) is 5.42. The molecule has 3 rings (SSSR count). The highest BCUT2D eigenvalue weighted by Gasteiger charge is 2.13. The topological polar surface area (TPSA) is 76.7 Å². The van der Waals surface area contributed by atoms with Gasteiger partial charge in [0.1, 0.15) is 17.9 Å². The van der Waals surface area contributed by atoms with Gasteiger partial charge in [-0.25, -0.2) is 9.59 Å². The molecule has 5 nitrogen and oxygen atoms in total. The Bertz CT molecular complexity index is 1010. The Balaban J connectivity index is 1.92. The molecular formula is C20H18O5. The maximum Gasteiger partial charge on any atom is 0.338 e. The first kappa shape index (κ1) is 16.8. The number of benzene rings is 2. The smallest absolute Gasteiger partial charge is 0.338 e. The molecule has 0 aliphatic rings. The minimum Gasteiger partial charge on any atom is -0.508 e. The van der Waals surface area contributed by atoms with E-state index < -0.39 is 11.6 Å². The lowest BCUT2D eigenvalue weighted by atomic mass is 10.1. The van der Waals surface area contributed by atoms with Crippen LogP contribution in [-0.2, 0) is 11.3 Å². The molecule has 128 valence electrons. The van der Waals surface area contributed by atoms with Gasteiger partial charge in [-0.1, -0.05) is 17.2 Å². The van der Waals surface area contributed by atoms with Gasteiger partial charge in [-0.05, 0) is 45.0 Å². The number of esters is 1. The number of rotatable bonds is 3. The SMILES string of the molecule is Cc1cc(C)cc(C(=O)OCc2cc(=O)oc3c(C)c(O)ccc23)c1. The monoisotopic (exact) mass is 338 g/mol. The van der Waals surface area contributed by atoms with Crippen molar-refractivity contribution in [1.82, 2.24) is 0 Å². The zero-order valence-corrected chi connectivity index (χ0v) is 14.3. The van der Waals surface area contributed by atoms with Crippen molar-refractivity contribution in [2.45, 2.75) is 27.4 Å². The van der Waals surface area contributed by atoms with Crippen LogP contribution in [0.15, 0.2) is 45.6 Å². The van der Waals surface area contributed by atoms with Crippen LogP contribution in [0.5, 0.6) is 5.75 Å². The normalized spacial score (nSPS) is 10.8. The molecule has 0 amide bonds. The van der Waals surface area contributed by atoms with E-state index in [0.717, 1.165) is 11.1 Å². The Hall–Kier alpha value is -3.08. The molecule has 1 N–H and O–H groups in total. The molecule has 0 saturated heterocycles. The van der Waals surface area contributed by atoms with E-state index >= 15 is 0 Å². The van der Waals surface area contributed by atoms with Crippen molar-refractivity contribution in [3.63, 3.8) is 0 Å². The molecule has 5 heteroatoms. The molecule has 1 heterocycles. The van der Waals surface area contributed by atoms with Crippen LogP contribution in [0.4, 0.5) is 0 Å². The third-order valence-electron chi connectivity index (χ3n) is 4.03. The minimum absolute atomic E-state index is 0.0417. The van der Waals surface area contributed by atoms with E-state index in [1.165, 1.54) is 12.1 Å². The van der Waals surface area contributed by atoms with Gasteiger partial charge in [0, 0.05) is 22.6 Å². The summed E-state index contributed by atoms with van der Waals surface area (Å²) in [5, 5.41) is 10.4. The Morgan fingerprint density at radius 2 is 1.76 bits per heavy atom. The maximum atomic E-state index is 12.3. The van der Waals surface area contributed by atoms with Gasteiger partial charge in [-0.3, -0.25) is 0 Å². The fourth-order valence-corrected chi connectivity index (χ4v) is 2.85. The third kappa shape index (κ3) is 3.40. The number of hydrogen-bond acceptors (Lipinski definition) is 5. The number of ether oxygens (including phenoxy) is 1. The second-order valence-electron chi connectivity index (χ2n) is 6.13. The van der Waals surface area contributed by atoms with Crippen LogP contribution in [0.3, 0.4) is 0 Å². The zero-order valence-electron chi connectivity index (χ0n) is 14.3. The molecule has 0 spiro atoms. The van der Waals surface area contributed by atoms with E-state index in [1.54, 1.807) is 25.1 Å². The first-order chi connectivity index (χ1) is 11.8. The van der Waals surface area contributed by atoms with Gasteiger partial charge >= 0.3 is 11.6 Å². The highest BCUT2D eigenvalue weighted by atomic mass is 16.5. The van der Waals surface area contributed by atoms with Gasteiger partial charge in [-0.15, -0.1) is 0 Å². The van der Waals surface area contributed by atoms with Crippen molar-refractivity contribution in [2.75, 3.05) is 0 Å².